The van der Waals surface area contributed by atoms with Crippen LogP contribution in [0.1, 0.15) is 52.8 Å². The summed E-state index contributed by atoms with van der Waals surface area (Å²) >= 11 is 1.33. The van der Waals surface area contributed by atoms with E-state index >= 15 is 0 Å². The highest BCUT2D eigenvalue weighted by Crippen LogP contribution is 2.64. The Morgan fingerprint density at radius 3 is 2.30 bits per heavy atom. The maximum absolute atomic E-state index is 14.0. The number of ether oxygens (including phenoxy) is 1. The quantitative estimate of drug-likeness (QED) is 0.262. The molecule has 4 aromatic rings. The van der Waals surface area contributed by atoms with Crippen molar-refractivity contribution >= 4 is 22.4 Å². The van der Waals surface area contributed by atoms with Crippen LogP contribution in [0.3, 0.4) is 0 Å². The molecule has 8 heteroatoms. The fourth-order valence-corrected chi connectivity index (χ4v) is 6.94. The second-order valence-corrected chi connectivity index (χ2v) is 10.7. The van der Waals surface area contributed by atoms with E-state index in [1.807, 2.05) is 78.2 Å². The Labute approximate surface area is 218 Å². The second kappa shape index (κ2) is 8.52. The van der Waals surface area contributed by atoms with E-state index in [1.54, 1.807) is 14.0 Å². The molecular formula is C29H25N3O4S. The van der Waals surface area contributed by atoms with E-state index in [0.717, 1.165) is 28.1 Å². The van der Waals surface area contributed by atoms with Crippen LogP contribution in [-0.4, -0.2) is 22.9 Å². The number of rotatable bonds is 6. The van der Waals surface area contributed by atoms with Gasteiger partial charge in [0.05, 0.1) is 12.8 Å². The molecule has 0 spiro atoms. The normalized spacial score (nSPS) is 23.1. The number of aromatic nitrogens is 1. The van der Waals surface area contributed by atoms with Gasteiger partial charge in [0.2, 0.25) is 5.91 Å². The molecule has 1 heterocycles. The molecule has 7 nitrogen and oxygen atoms in total. The van der Waals surface area contributed by atoms with Crippen molar-refractivity contribution in [2.24, 2.45) is 5.41 Å². The number of nitrogens with zero attached hydrogens (tertiary/aromatic N) is 2. The monoisotopic (exact) mass is 511 g/mol. The van der Waals surface area contributed by atoms with Crippen LogP contribution in [0.2, 0.25) is 0 Å². The lowest BCUT2D eigenvalue weighted by molar-refractivity contribution is -0.587. The molecular weight excluding hydrogens is 486 g/mol. The average molecular weight is 512 g/mol. The first-order chi connectivity index (χ1) is 17.9. The molecule has 3 aliphatic carbocycles. The Morgan fingerprint density at radius 1 is 1.08 bits per heavy atom. The van der Waals surface area contributed by atoms with Gasteiger partial charge < -0.3 is 10.1 Å². The number of amides is 1. The van der Waals surface area contributed by atoms with Crippen LogP contribution in [0.4, 0.5) is 5.13 Å². The van der Waals surface area contributed by atoms with Crippen molar-refractivity contribution in [1.82, 2.24) is 4.98 Å². The minimum atomic E-state index is -1.69. The van der Waals surface area contributed by atoms with Gasteiger partial charge in [-0.05, 0) is 42.2 Å². The molecule has 1 atom stereocenters. The number of carbonyl (C=O) groups is 1. The zero-order chi connectivity index (χ0) is 25.8. The van der Waals surface area contributed by atoms with Crippen LogP contribution in [0.5, 0.6) is 5.75 Å². The molecule has 3 aliphatic rings. The Kier molecular flexibility index (Phi) is 5.38. The van der Waals surface area contributed by atoms with Crippen LogP contribution in [0, 0.1) is 15.5 Å². The van der Waals surface area contributed by atoms with E-state index < -0.39 is 11.0 Å². The number of benzene rings is 3. The summed E-state index contributed by atoms with van der Waals surface area (Å²) in [7, 11) is 1.63. The largest absolute Gasteiger partial charge is 0.497 e. The maximum atomic E-state index is 14.0. The zero-order valence-corrected chi connectivity index (χ0v) is 21.2. The third-order valence-electron chi connectivity index (χ3n) is 7.95. The molecule has 1 amide bonds. The molecule has 0 saturated heterocycles. The average Bonchev–Trinajstić information content (AvgIpc) is 3.35. The molecule has 0 fully saturated rings. The van der Waals surface area contributed by atoms with Crippen LogP contribution < -0.4 is 10.1 Å². The summed E-state index contributed by atoms with van der Waals surface area (Å²) in [6.45, 7) is 1.73. The summed E-state index contributed by atoms with van der Waals surface area (Å²) in [4.78, 5) is 31.4. The number of carbonyl (C=O) groups excluding carboxylic acids is 1. The number of methoxy groups -OCH3 is 1. The Balaban J connectivity index is 1.35. The Bertz CT molecular complexity index is 1480. The molecule has 2 bridgehead atoms. The molecule has 37 heavy (non-hydrogen) atoms. The maximum Gasteiger partial charge on any atom is 0.286 e. The molecule has 3 aromatic carbocycles. The highest BCUT2D eigenvalue weighted by Gasteiger charge is 2.72. The highest BCUT2D eigenvalue weighted by atomic mass is 32.1. The number of anilines is 1. The second-order valence-electron chi connectivity index (χ2n) is 9.85. The minimum Gasteiger partial charge on any atom is -0.497 e. The standard InChI is InChI=1S/C29H25N3O4S/c1-28(26(33)31-27-30-19(17-37-27)15-18-11-13-20(36-2)14-12-18)16-23-21-7-3-5-9-24(21)29(28,32(34)35)25-10-6-4-8-22(23)25/h3-14,17,23H,15-16H2,1-2H3,(H,30,31,33). The molecule has 7 rings (SSSR count). The molecule has 0 radical (unpaired) electrons. The van der Waals surface area contributed by atoms with Crippen molar-refractivity contribution in [2.75, 3.05) is 12.4 Å². The predicted molar refractivity (Wildman–Crippen MR) is 142 cm³/mol. The van der Waals surface area contributed by atoms with Gasteiger partial charge in [0.15, 0.2) is 5.13 Å². The summed E-state index contributed by atoms with van der Waals surface area (Å²) < 4.78 is 5.22. The molecule has 0 saturated carbocycles. The highest BCUT2D eigenvalue weighted by molar-refractivity contribution is 7.13. The summed E-state index contributed by atoms with van der Waals surface area (Å²) in [6.07, 6.45) is 0.952. The van der Waals surface area contributed by atoms with E-state index in [2.05, 4.69) is 10.3 Å². The van der Waals surface area contributed by atoms with E-state index in [4.69, 9.17) is 4.74 Å². The van der Waals surface area contributed by atoms with Crippen LogP contribution >= 0.6 is 11.3 Å². The van der Waals surface area contributed by atoms with E-state index in [1.165, 1.54) is 11.3 Å². The first-order valence-electron chi connectivity index (χ1n) is 12.1. The van der Waals surface area contributed by atoms with Gasteiger partial charge in [-0.1, -0.05) is 60.7 Å². The molecule has 1 aromatic heterocycles. The summed E-state index contributed by atoms with van der Waals surface area (Å²) in [5.41, 5.74) is 1.95. The number of thiazole rings is 1. The lowest BCUT2D eigenvalue weighted by Crippen LogP contribution is -2.62. The topological polar surface area (TPSA) is 94.4 Å². The van der Waals surface area contributed by atoms with Gasteiger partial charge >= 0.3 is 0 Å². The lowest BCUT2D eigenvalue weighted by atomic mass is 9.48. The number of nitrogens with one attached hydrogen (secondary N) is 1. The summed E-state index contributed by atoms with van der Waals surface area (Å²) in [5.74, 6) is 0.309. The smallest absolute Gasteiger partial charge is 0.286 e. The zero-order valence-electron chi connectivity index (χ0n) is 20.4. The molecule has 186 valence electrons. The van der Waals surface area contributed by atoms with Crippen molar-refractivity contribution in [3.05, 3.63) is 122 Å². The van der Waals surface area contributed by atoms with E-state index in [0.29, 0.717) is 29.1 Å². The van der Waals surface area contributed by atoms with Crippen LogP contribution in [0.25, 0.3) is 0 Å². The van der Waals surface area contributed by atoms with Crippen molar-refractivity contribution in [3.63, 3.8) is 0 Å². The first kappa shape index (κ1) is 23.4. The van der Waals surface area contributed by atoms with E-state index in [-0.39, 0.29) is 16.7 Å². The Morgan fingerprint density at radius 2 is 1.70 bits per heavy atom. The Hall–Kier alpha value is -4.04. The molecule has 0 aliphatic heterocycles. The number of nitro groups is 1. The van der Waals surface area contributed by atoms with Gasteiger partial charge in [-0.2, -0.15) is 0 Å². The lowest BCUT2D eigenvalue weighted by Gasteiger charge is -2.52. The molecule has 1 unspecified atom stereocenters. The number of fused-ring (bicyclic) bond motifs is 1. The molecule has 1 N–H and O–H groups in total. The summed E-state index contributed by atoms with van der Waals surface area (Å²) in [6, 6.07) is 22.7. The van der Waals surface area contributed by atoms with Gasteiger partial charge in [-0.3, -0.25) is 14.9 Å². The van der Waals surface area contributed by atoms with Crippen molar-refractivity contribution < 1.29 is 14.5 Å². The van der Waals surface area contributed by atoms with Crippen LogP contribution in [-0.2, 0) is 16.8 Å². The number of hydrogen-bond acceptors (Lipinski definition) is 6. The van der Waals surface area contributed by atoms with E-state index in [9.17, 15) is 14.9 Å². The van der Waals surface area contributed by atoms with Gasteiger partial charge in [0.1, 0.15) is 11.2 Å². The third kappa shape index (κ3) is 3.32. The minimum absolute atomic E-state index is 0.0908. The van der Waals surface area contributed by atoms with Gasteiger partial charge in [0, 0.05) is 33.8 Å². The van der Waals surface area contributed by atoms with Gasteiger partial charge in [-0.25, -0.2) is 4.98 Å². The van der Waals surface area contributed by atoms with Crippen molar-refractivity contribution in [2.45, 2.75) is 31.2 Å². The fourth-order valence-electron chi connectivity index (χ4n) is 6.23. The third-order valence-corrected chi connectivity index (χ3v) is 8.76. The van der Waals surface area contributed by atoms with Gasteiger partial charge in [0.25, 0.3) is 5.54 Å². The fraction of sp³-hybridized carbons (Fsp3) is 0.241. The van der Waals surface area contributed by atoms with Gasteiger partial charge in [-0.15, -0.1) is 11.3 Å². The van der Waals surface area contributed by atoms with Crippen molar-refractivity contribution in [1.29, 1.82) is 0 Å². The number of hydrogen-bond donors (Lipinski definition) is 1. The first-order valence-corrected chi connectivity index (χ1v) is 13.0. The SMILES string of the molecule is COc1ccc(Cc2csc(NC(=O)C3(C)CC4c5ccccc5C3([N+](=O)[O-])c3ccccc34)n2)cc1. The van der Waals surface area contributed by atoms with Crippen molar-refractivity contribution in [3.8, 4) is 5.75 Å². The van der Waals surface area contributed by atoms with Crippen LogP contribution in [0.15, 0.2) is 78.2 Å². The summed E-state index contributed by atoms with van der Waals surface area (Å²) in [5, 5.41) is 18.4. The predicted octanol–water partition coefficient (Wildman–Crippen LogP) is 5.76.